The van der Waals surface area contributed by atoms with Crippen LogP contribution < -0.4 is 48.0 Å². The molecule has 0 aliphatic carbocycles. The summed E-state index contributed by atoms with van der Waals surface area (Å²) in [5.41, 5.74) is 1.90. The van der Waals surface area contributed by atoms with Gasteiger partial charge in [-0.15, -0.1) is 0 Å². The molecule has 0 aliphatic rings. The summed E-state index contributed by atoms with van der Waals surface area (Å²) in [5, 5.41) is 0. The Kier molecular flexibility index (Phi) is 19.6. The van der Waals surface area contributed by atoms with Crippen LogP contribution in [0.4, 0.5) is 0 Å². The SMILES string of the molecule is CC(C)(C)OCc1[c]c(COC(C)(C)C)ccc1.[I-].[I-].[Sn+2].[c]1ccccc1. The summed E-state index contributed by atoms with van der Waals surface area (Å²) in [5.74, 6) is 0. The average molecular weight is 699 g/mol. The van der Waals surface area contributed by atoms with Crippen LogP contribution in [0, 0.1) is 12.1 Å². The van der Waals surface area contributed by atoms with Crippen molar-refractivity contribution in [1.29, 1.82) is 0 Å². The molecular formula is C22H30I2O2Sn. The van der Waals surface area contributed by atoms with E-state index in [0.29, 0.717) is 13.2 Å². The number of ether oxygens (including phenoxy) is 2. The van der Waals surface area contributed by atoms with Crippen molar-refractivity contribution in [1.82, 2.24) is 0 Å². The van der Waals surface area contributed by atoms with E-state index in [0.717, 1.165) is 11.1 Å². The Hall–Kier alpha value is 0.619. The summed E-state index contributed by atoms with van der Waals surface area (Å²) < 4.78 is 11.5. The summed E-state index contributed by atoms with van der Waals surface area (Å²) in [6.07, 6.45) is 0. The first-order valence-corrected chi connectivity index (χ1v) is 8.35. The average Bonchev–Trinajstić information content (AvgIpc) is 2.52. The Morgan fingerprint density at radius 3 is 1.37 bits per heavy atom. The van der Waals surface area contributed by atoms with Crippen molar-refractivity contribution in [2.24, 2.45) is 0 Å². The molecule has 0 unspecified atom stereocenters. The molecule has 2 nitrogen and oxygen atoms in total. The quantitative estimate of drug-likeness (QED) is 0.309. The van der Waals surface area contributed by atoms with E-state index in [2.05, 4.69) is 53.7 Å². The number of halogens is 2. The van der Waals surface area contributed by atoms with Crippen LogP contribution in [-0.2, 0) is 22.7 Å². The fourth-order valence-corrected chi connectivity index (χ4v) is 1.67. The van der Waals surface area contributed by atoms with Crippen molar-refractivity contribution in [3.63, 3.8) is 0 Å². The molecule has 0 spiro atoms. The van der Waals surface area contributed by atoms with Gasteiger partial charge in [0, 0.05) is 0 Å². The van der Waals surface area contributed by atoms with E-state index < -0.39 is 0 Å². The first kappa shape index (κ1) is 32.3. The third-order valence-corrected chi connectivity index (χ3v) is 2.84. The minimum atomic E-state index is -0.119. The molecule has 2 aromatic carbocycles. The van der Waals surface area contributed by atoms with E-state index in [1.807, 2.05) is 48.5 Å². The third kappa shape index (κ3) is 19.7. The minimum Gasteiger partial charge on any atom is -1.00 e. The predicted octanol–water partition coefficient (Wildman–Crippen LogP) is -0.769. The first-order valence-electron chi connectivity index (χ1n) is 8.35. The maximum Gasteiger partial charge on any atom is 2.00 e. The van der Waals surface area contributed by atoms with Gasteiger partial charge in [0.15, 0.2) is 0 Å². The van der Waals surface area contributed by atoms with Crippen LogP contribution in [-0.4, -0.2) is 35.1 Å². The van der Waals surface area contributed by atoms with E-state index in [9.17, 15) is 0 Å². The molecule has 0 amide bonds. The molecule has 2 aromatic rings. The second-order valence-electron chi connectivity index (χ2n) is 7.58. The monoisotopic (exact) mass is 700 g/mol. The van der Waals surface area contributed by atoms with Crippen LogP contribution in [0.15, 0.2) is 48.5 Å². The van der Waals surface area contributed by atoms with Gasteiger partial charge in [0.1, 0.15) is 0 Å². The Balaban J connectivity index is -0.000000549. The van der Waals surface area contributed by atoms with Gasteiger partial charge in [-0.2, -0.15) is 0 Å². The van der Waals surface area contributed by atoms with Gasteiger partial charge >= 0.3 is 23.9 Å². The van der Waals surface area contributed by atoms with Gasteiger partial charge in [-0.3, -0.25) is 0 Å². The molecule has 0 saturated heterocycles. The largest absolute Gasteiger partial charge is 2.00 e. The fraction of sp³-hybridized carbons (Fsp3) is 0.455. The van der Waals surface area contributed by atoms with Crippen LogP contribution in [0.1, 0.15) is 52.7 Å². The topological polar surface area (TPSA) is 18.5 Å². The second-order valence-corrected chi connectivity index (χ2v) is 7.58. The van der Waals surface area contributed by atoms with Gasteiger partial charge in [0.25, 0.3) is 0 Å². The van der Waals surface area contributed by atoms with Crippen LogP contribution >= 0.6 is 0 Å². The molecule has 0 saturated carbocycles. The molecule has 0 atom stereocenters. The van der Waals surface area contributed by atoms with E-state index in [1.54, 1.807) is 0 Å². The van der Waals surface area contributed by atoms with Crippen molar-refractivity contribution in [3.8, 4) is 0 Å². The van der Waals surface area contributed by atoms with Crippen molar-refractivity contribution < 1.29 is 57.4 Å². The smallest absolute Gasteiger partial charge is 1.00 e. The first-order chi connectivity index (χ1) is 11.2. The molecule has 0 fully saturated rings. The summed E-state index contributed by atoms with van der Waals surface area (Å²) in [4.78, 5) is 0. The van der Waals surface area contributed by atoms with Gasteiger partial charge in [-0.25, -0.2) is 0 Å². The molecule has 27 heavy (non-hydrogen) atoms. The van der Waals surface area contributed by atoms with Gasteiger partial charge in [-0.05, 0) is 64.8 Å². The Morgan fingerprint density at radius 1 is 0.704 bits per heavy atom. The van der Waals surface area contributed by atoms with Crippen LogP contribution in [0.2, 0.25) is 0 Å². The summed E-state index contributed by atoms with van der Waals surface area (Å²) in [7, 11) is 0. The molecule has 0 aromatic heterocycles. The third-order valence-electron chi connectivity index (χ3n) is 2.84. The molecule has 148 valence electrons. The van der Waals surface area contributed by atoms with Gasteiger partial charge in [0.2, 0.25) is 0 Å². The zero-order valence-corrected chi connectivity index (χ0v) is 24.3. The molecule has 0 heterocycles. The normalized spacial score (nSPS) is 10.3. The summed E-state index contributed by atoms with van der Waals surface area (Å²) >= 11 is 0. The predicted molar refractivity (Wildman–Crippen MR) is 105 cm³/mol. The molecule has 0 bridgehead atoms. The number of hydrogen-bond acceptors (Lipinski definition) is 2. The van der Waals surface area contributed by atoms with Crippen LogP contribution in [0.3, 0.4) is 0 Å². The standard InChI is InChI=1S/C16H25O2.C6H5.2HI.Sn/c1-15(2,3)17-11-13-8-7-9-14(10-13)12-18-16(4,5)6;1-2-4-6-5-3-1;;;/h7-9H,11-12H2,1-6H3;1-5H;2*1H;/q;;;;+2/p-2. The van der Waals surface area contributed by atoms with Crippen molar-refractivity contribution >= 4 is 23.9 Å². The maximum atomic E-state index is 5.74. The van der Waals surface area contributed by atoms with Gasteiger partial charge < -0.3 is 57.4 Å². The number of rotatable bonds is 4. The van der Waals surface area contributed by atoms with Crippen LogP contribution in [0.25, 0.3) is 0 Å². The molecule has 0 N–H and O–H groups in total. The van der Waals surface area contributed by atoms with Crippen LogP contribution in [0.5, 0.6) is 0 Å². The Bertz CT molecular complexity index is 519. The Morgan fingerprint density at radius 2 is 1.11 bits per heavy atom. The van der Waals surface area contributed by atoms with Crippen molar-refractivity contribution in [2.45, 2.75) is 66.0 Å². The molecule has 2 rings (SSSR count). The van der Waals surface area contributed by atoms with Gasteiger partial charge in [-0.1, -0.05) is 48.5 Å². The maximum absolute atomic E-state index is 5.74. The van der Waals surface area contributed by atoms with Crippen molar-refractivity contribution in [2.75, 3.05) is 0 Å². The molecule has 5 heteroatoms. The fourth-order valence-electron chi connectivity index (χ4n) is 1.67. The van der Waals surface area contributed by atoms with Crippen molar-refractivity contribution in [3.05, 3.63) is 71.8 Å². The number of benzene rings is 2. The molecular weight excluding hydrogens is 669 g/mol. The Labute approximate surface area is 217 Å². The second kappa shape index (κ2) is 16.4. The van der Waals surface area contributed by atoms with Gasteiger partial charge in [0.05, 0.1) is 24.4 Å². The molecule has 0 aliphatic heterocycles. The minimum absolute atomic E-state index is 0. The van der Waals surface area contributed by atoms with E-state index in [4.69, 9.17) is 9.47 Å². The van der Waals surface area contributed by atoms with E-state index in [-0.39, 0.29) is 83.1 Å². The molecule has 4 radical (unpaired) electrons. The summed E-state index contributed by atoms with van der Waals surface area (Å²) in [6, 6.07) is 21.9. The summed E-state index contributed by atoms with van der Waals surface area (Å²) in [6.45, 7) is 13.5. The van der Waals surface area contributed by atoms with E-state index >= 15 is 0 Å². The zero-order chi connectivity index (χ0) is 18.1. The van der Waals surface area contributed by atoms with E-state index in [1.165, 1.54) is 0 Å². The number of hydrogen-bond donors (Lipinski definition) is 0. The zero-order valence-electron chi connectivity index (χ0n) is 17.1.